The lowest BCUT2D eigenvalue weighted by Crippen LogP contribution is -2.29. The smallest absolute Gasteiger partial charge is 0.242 e. The van der Waals surface area contributed by atoms with Crippen molar-refractivity contribution in [1.82, 2.24) is 14.3 Å². The van der Waals surface area contributed by atoms with E-state index in [4.69, 9.17) is 11.6 Å². The Morgan fingerprint density at radius 3 is 2.65 bits per heavy atom. The second-order valence-corrected chi connectivity index (χ2v) is 6.64. The number of pyridine rings is 2. The van der Waals surface area contributed by atoms with Gasteiger partial charge in [0.2, 0.25) is 10.0 Å². The van der Waals surface area contributed by atoms with Crippen LogP contribution in [0.25, 0.3) is 0 Å². The fourth-order valence-electron chi connectivity index (χ4n) is 1.66. The monoisotopic (exact) mass is 311 g/mol. The molecule has 106 valence electrons. The summed E-state index contributed by atoms with van der Waals surface area (Å²) in [5, 5.41) is 0.157. The van der Waals surface area contributed by atoms with Crippen molar-refractivity contribution in [3.8, 4) is 0 Å². The van der Waals surface area contributed by atoms with E-state index in [0.717, 1.165) is 5.69 Å². The Hall–Kier alpha value is -1.50. The van der Waals surface area contributed by atoms with Gasteiger partial charge < -0.3 is 0 Å². The van der Waals surface area contributed by atoms with Gasteiger partial charge in [-0.05, 0) is 24.3 Å². The minimum atomic E-state index is -3.55. The van der Waals surface area contributed by atoms with E-state index in [2.05, 4.69) is 9.97 Å². The van der Waals surface area contributed by atoms with Crippen LogP contribution < -0.4 is 0 Å². The molecule has 2 heterocycles. The Morgan fingerprint density at radius 1 is 1.20 bits per heavy atom. The van der Waals surface area contributed by atoms with Crippen LogP contribution >= 0.6 is 11.6 Å². The van der Waals surface area contributed by atoms with Crippen LogP contribution in [0.4, 0.5) is 0 Å². The molecule has 0 amide bonds. The highest BCUT2D eigenvalue weighted by Gasteiger charge is 2.20. The Labute approximate surface area is 123 Å². The van der Waals surface area contributed by atoms with Crippen LogP contribution in [0.2, 0.25) is 5.15 Å². The number of hydrogen-bond acceptors (Lipinski definition) is 4. The summed E-state index contributed by atoms with van der Waals surface area (Å²) < 4.78 is 25.9. The fourth-order valence-corrected chi connectivity index (χ4v) is 3.09. The lowest BCUT2D eigenvalue weighted by molar-refractivity contribution is 0.471. The van der Waals surface area contributed by atoms with Crippen molar-refractivity contribution < 1.29 is 8.42 Å². The van der Waals surface area contributed by atoms with Crippen molar-refractivity contribution in [2.24, 2.45) is 0 Å². The lowest BCUT2D eigenvalue weighted by Gasteiger charge is -2.16. The molecule has 0 aliphatic rings. The van der Waals surface area contributed by atoms with Crippen LogP contribution in [0.3, 0.4) is 0 Å². The van der Waals surface area contributed by atoms with Crippen LogP contribution in [0.15, 0.2) is 47.6 Å². The zero-order chi connectivity index (χ0) is 14.6. The average Bonchev–Trinajstić information content (AvgIpc) is 2.45. The highest BCUT2D eigenvalue weighted by Crippen LogP contribution is 2.17. The molecular formula is C13H14ClN3O2S. The van der Waals surface area contributed by atoms with Crippen molar-refractivity contribution >= 4 is 21.6 Å². The molecule has 0 saturated heterocycles. The number of likely N-dealkylation sites (N-methyl/N-ethyl adjacent to an activating group) is 1. The van der Waals surface area contributed by atoms with Crippen LogP contribution in [-0.2, 0) is 16.4 Å². The van der Waals surface area contributed by atoms with Crippen LogP contribution in [-0.4, -0.2) is 36.3 Å². The quantitative estimate of drug-likeness (QED) is 0.792. The number of sulfonamides is 1. The molecule has 2 aromatic rings. The minimum Gasteiger partial charge on any atom is -0.261 e. The zero-order valence-corrected chi connectivity index (χ0v) is 12.5. The topological polar surface area (TPSA) is 63.2 Å². The first-order chi connectivity index (χ1) is 9.50. The van der Waals surface area contributed by atoms with E-state index in [1.54, 1.807) is 6.20 Å². The third-order valence-corrected chi connectivity index (χ3v) is 4.87. The molecular weight excluding hydrogens is 298 g/mol. The van der Waals surface area contributed by atoms with Gasteiger partial charge in [-0.1, -0.05) is 17.7 Å². The van der Waals surface area contributed by atoms with Crippen molar-refractivity contribution in [2.45, 2.75) is 11.3 Å². The molecule has 5 nitrogen and oxygen atoms in total. The average molecular weight is 312 g/mol. The van der Waals surface area contributed by atoms with Crippen molar-refractivity contribution in [2.75, 3.05) is 13.6 Å². The standard InChI is InChI=1S/C13H14ClN3O2S/c1-17(9-6-11-4-2-3-7-15-11)20(18,19)12-5-8-16-13(14)10-12/h2-5,7-8,10H,6,9H2,1H3. The Kier molecular flexibility index (Phi) is 4.69. The molecule has 0 spiro atoms. The number of hydrogen-bond donors (Lipinski definition) is 0. The number of rotatable bonds is 5. The normalized spacial score (nSPS) is 11.8. The second kappa shape index (κ2) is 6.30. The zero-order valence-electron chi connectivity index (χ0n) is 10.9. The summed E-state index contributed by atoms with van der Waals surface area (Å²) in [5.74, 6) is 0. The maximum absolute atomic E-state index is 12.3. The molecule has 0 aliphatic carbocycles. The van der Waals surface area contributed by atoms with Crippen molar-refractivity contribution in [3.05, 3.63) is 53.6 Å². The Morgan fingerprint density at radius 2 is 2.00 bits per heavy atom. The maximum Gasteiger partial charge on any atom is 0.242 e. The number of nitrogens with zero attached hydrogens (tertiary/aromatic N) is 3. The van der Waals surface area contributed by atoms with E-state index in [0.29, 0.717) is 13.0 Å². The molecule has 0 radical (unpaired) electrons. The number of halogens is 1. The molecule has 2 rings (SSSR count). The summed E-state index contributed by atoms with van der Waals surface area (Å²) in [7, 11) is -2.02. The summed E-state index contributed by atoms with van der Waals surface area (Å²) >= 11 is 5.72. The predicted molar refractivity (Wildman–Crippen MR) is 77.0 cm³/mol. The van der Waals surface area contributed by atoms with Crippen molar-refractivity contribution in [1.29, 1.82) is 0 Å². The van der Waals surface area contributed by atoms with Crippen LogP contribution in [0.1, 0.15) is 5.69 Å². The molecule has 0 saturated carbocycles. The molecule has 2 aromatic heterocycles. The third-order valence-electron chi connectivity index (χ3n) is 2.82. The minimum absolute atomic E-state index is 0.140. The summed E-state index contributed by atoms with van der Waals surface area (Å²) in [6.45, 7) is 0.347. The molecule has 20 heavy (non-hydrogen) atoms. The highest BCUT2D eigenvalue weighted by molar-refractivity contribution is 7.89. The molecule has 0 N–H and O–H groups in total. The van der Waals surface area contributed by atoms with E-state index in [-0.39, 0.29) is 10.0 Å². The maximum atomic E-state index is 12.3. The second-order valence-electron chi connectivity index (χ2n) is 4.21. The molecule has 0 bridgehead atoms. The van der Waals surface area contributed by atoms with E-state index in [9.17, 15) is 8.42 Å². The largest absolute Gasteiger partial charge is 0.261 e. The first kappa shape index (κ1) is 14.9. The van der Waals surface area contributed by atoms with Crippen molar-refractivity contribution in [3.63, 3.8) is 0 Å². The van der Waals surface area contributed by atoms with E-state index in [1.165, 1.54) is 29.7 Å². The van der Waals surface area contributed by atoms with Gasteiger partial charge in [-0.2, -0.15) is 0 Å². The van der Waals surface area contributed by atoms with Gasteiger partial charge in [0, 0.05) is 38.1 Å². The van der Waals surface area contributed by atoms with Gasteiger partial charge in [-0.25, -0.2) is 17.7 Å². The van der Waals surface area contributed by atoms with Gasteiger partial charge in [0.1, 0.15) is 5.15 Å². The Bertz CT molecular complexity index is 677. The first-order valence-electron chi connectivity index (χ1n) is 5.98. The van der Waals surface area contributed by atoms with Gasteiger partial charge in [-0.3, -0.25) is 4.98 Å². The third kappa shape index (κ3) is 3.53. The molecule has 7 heteroatoms. The fraction of sp³-hybridized carbons (Fsp3) is 0.231. The van der Waals surface area contributed by atoms with Gasteiger partial charge >= 0.3 is 0 Å². The van der Waals surface area contributed by atoms with Gasteiger partial charge in [0.25, 0.3) is 0 Å². The Balaban J connectivity index is 2.10. The summed E-state index contributed by atoms with van der Waals surface area (Å²) in [4.78, 5) is 8.09. The summed E-state index contributed by atoms with van der Waals surface area (Å²) in [5.41, 5.74) is 0.849. The van der Waals surface area contributed by atoms with Crippen LogP contribution in [0.5, 0.6) is 0 Å². The van der Waals surface area contributed by atoms with Crippen LogP contribution in [0, 0.1) is 0 Å². The molecule has 0 aromatic carbocycles. The van der Waals surface area contributed by atoms with E-state index in [1.807, 2.05) is 18.2 Å². The van der Waals surface area contributed by atoms with E-state index >= 15 is 0 Å². The van der Waals surface area contributed by atoms with Gasteiger partial charge in [0.15, 0.2) is 0 Å². The molecule has 0 unspecified atom stereocenters. The van der Waals surface area contributed by atoms with E-state index < -0.39 is 10.0 Å². The first-order valence-corrected chi connectivity index (χ1v) is 7.80. The summed E-state index contributed by atoms with van der Waals surface area (Å²) in [6.07, 6.45) is 3.61. The van der Waals surface area contributed by atoms with Gasteiger partial charge in [-0.15, -0.1) is 0 Å². The molecule has 0 aliphatic heterocycles. The highest BCUT2D eigenvalue weighted by atomic mass is 35.5. The number of aromatic nitrogens is 2. The SMILES string of the molecule is CN(CCc1ccccn1)S(=O)(=O)c1ccnc(Cl)c1. The van der Waals surface area contributed by atoms with Gasteiger partial charge in [0.05, 0.1) is 4.90 Å². The predicted octanol–water partition coefficient (Wildman–Crippen LogP) is 1.99. The molecule has 0 atom stereocenters. The lowest BCUT2D eigenvalue weighted by atomic mass is 10.3. The summed E-state index contributed by atoms with van der Waals surface area (Å²) in [6, 6.07) is 8.33. The molecule has 0 fully saturated rings.